The number of sulfonamides is 1. The van der Waals surface area contributed by atoms with Gasteiger partial charge in [-0.2, -0.15) is 0 Å². The average molecular weight is 477 g/mol. The molecule has 3 aromatic rings. The molecule has 0 radical (unpaired) electrons. The molecule has 9 heteroatoms. The lowest BCUT2D eigenvalue weighted by Crippen LogP contribution is -2.24. The number of halogens is 3. The zero-order chi connectivity index (χ0) is 23.1. The van der Waals surface area contributed by atoms with Crippen molar-refractivity contribution in [1.82, 2.24) is 5.32 Å². The van der Waals surface area contributed by atoms with E-state index in [2.05, 4.69) is 10.0 Å². The van der Waals surface area contributed by atoms with Gasteiger partial charge in [0.25, 0.3) is 10.0 Å². The van der Waals surface area contributed by atoms with Gasteiger partial charge in [-0.1, -0.05) is 41.9 Å². The number of hydrogen-bond donors (Lipinski definition) is 2. The number of anilines is 1. The summed E-state index contributed by atoms with van der Waals surface area (Å²) >= 11 is 5.99. The highest BCUT2D eigenvalue weighted by Crippen LogP contribution is 2.24. The minimum absolute atomic E-state index is 0.0169. The zero-order valence-corrected chi connectivity index (χ0v) is 18.3. The van der Waals surface area contributed by atoms with Gasteiger partial charge >= 0.3 is 0 Å². The number of amides is 1. The summed E-state index contributed by atoms with van der Waals surface area (Å²) in [5.41, 5.74) is 0.779. The van der Waals surface area contributed by atoms with Crippen molar-refractivity contribution in [2.45, 2.75) is 11.3 Å². The summed E-state index contributed by atoms with van der Waals surface area (Å²) in [5, 5.41) is 2.82. The number of para-hydroxylation sites is 1. The molecule has 3 rings (SSSR count). The smallest absolute Gasteiger partial charge is 0.261 e. The molecule has 0 heterocycles. The van der Waals surface area contributed by atoms with Crippen molar-refractivity contribution in [3.63, 3.8) is 0 Å². The number of nitrogens with one attached hydrogen (secondary N) is 2. The molecule has 166 valence electrons. The Morgan fingerprint density at radius 3 is 2.25 bits per heavy atom. The second kappa shape index (κ2) is 10.4. The van der Waals surface area contributed by atoms with Crippen LogP contribution in [0, 0.1) is 11.6 Å². The van der Waals surface area contributed by atoms with Crippen LogP contribution >= 0.6 is 11.6 Å². The SMILES string of the molecule is O=C(/C=C/c1ccc(S(=O)(=O)Nc2ccccc2Cl)cc1)NCCc1c(F)cccc1F. The van der Waals surface area contributed by atoms with E-state index in [0.717, 1.165) is 12.1 Å². The van der Waals surface area contributed by atoms with Gasteiger partial charge in [0.1, 0.15) is 11.6 Å². The fraction of sp³-hybridized carbons (Fsp3) is 0.0870. The van der Waals surface area contributed by atoms with Crippen LogP contribution in [0.15, 0.2) is 77.7 Å². The van der Waals surface area contributed by atoms with Crippen molar-refractivity contribution in [3.05, 3.63) is 101 Å². The highest BCUT2D eigenvalue weighted by molar-refractivity contribution is 7.92. The third kappa shape index (κ3) is 6.15. The number of carbonyl (C=O) groups is 1. The van der Waals surface area contributed by atoms with E-state index in [4.69, 9.17) is 11.6 Å². The highest BCUT2D eigenvalue weighted by atomic mass is 35.5. The topological polar surface area (TPSA) is 75.3 Å². The molecule has 32 heavy (non-hydrogen) atoms. The molecule has 3 aromatic carbocycles. The van der Waals surface area contributed by atoms with Crippen molar-refractivity contribution in [3.8, 4) is 0 Å². The number of rotatable bonds is 8. The minimum Gasteiger partial charge on any atom is -0.352 e. The normalized spacial score (nSPS) is 11.5. The molecule has 0 bridgehead atoms. The number of hydrogen-bond acceptors (Lipinski definition) is 3. The Morgan fingerprint density at radius 1 is 0.938 bits per heavy atom. The fourth-order valence-corrected chi connectivity index (χ4v) is 4.14. The molecule has 0 spiro atoms. The lowest BCUT2D eigenvalue weighted by Gasteiger charge is -2.09. The van der Waals surface area contributed by atoms with Crippen LogP contribution in [0.5, 0.6) is 0 Å². The molecular formula is C23H19ClF2N2O3S. The quantitative estimate of drug-likeness (QED) is 0.459. The molecule has 0 fully saturated rings. The van der Waals surface area contributed by atoms with E-state index in [1.807, 2.05) is 0 Å². The Hall–Kier alpha value is -3.23. The van der Waals surface area contributed by atoms with Gasteiger partial charge in [0.2, 0.25) is 5.91 Å². The maximum atomic E-state index is 13.6. The van der Waals surface area contributed by atoms with E-state index in [1.165, 1.54) is 30.4 Å². The fourth-order valence-electron chi connectivity index (χ4n) is 2.82. The van der Waals surface area contributed by atoms with Gasteiger partial charge in [0.05, 0.1) is 15.6 Å². The van der Waals surface area contributed by atoms with E-state index < -0.39 is 27.6 Å². The summed E-state index contributed by atoms with van der Waals surface area (Å²) in [4.78, 5) is 12.0. The standard InChI is InChI=1S/C23H19ClF2N2O3S/c24-19-4-1-2-7-22(19)28-32(30,31)17-11-8-16(9-12-17)10-13-23(29)27-15-14-18-20(25)5-3-6-21(18)26/h1-13,28H,14-15H2,(H,27,29)/b13-10+. The van der Waals surface area contributed by atoms with Gasteiger partial charge in [-0.3, -0.25) is 9.52 Å². The molecule has 5 nitrogen and oxygen atoms in total. The van der Waals surface area contributed by atoms with Crippen molar-refractivity contribution in [2.24, 2.45) is 0 Å². The summed E-state index contributed by atoms with van der Waals surface area (Å²) in [5.74, 6) is -1.76. The Balaban J connectivity index is 1.56. The van der Waals surface area contributed by atoms with Crippen molar-refractivity contribution in [2.75, 3.05) is 11.3 Å². The molecule has 0 unspecified atom stereocenters. The van der Waals surface area contributed by atoms with Crippen LogP contribution in [-0.4, -0.2) is 20.9 Å². The first-order valence-electron chi connectivity index (χ1n) is 9.52. The van der Waals surface area contributed by atoms with Crippen molar-refractivity contribution >= 4 is 39.3 Å². The summed E-state index contributed by atoms with van der Waals surface area (Å²) in [6, 6.07) is 16.0. The molecular weight excluding hydrogens is 458 g/mol. The summed E-state index contributed by atoms with van der Waals surface area (Å²) < 4.78 is 54.6. The van der Waals surface area contributed by atoms with Gasteiger partial charge < -0.3 is 5.32 Å². The van der Waals surface area contributed by atoms with Crippen LogP contribution in [0.25, 0.3) is 6.08 Å². The molecule has 2 N–H and O–H groups in total. The summed E-state index contributed by atoms with van der Waals surface area (Å²) in [6.45, 7) is 0.0614. The van der Waals surface area contributed by atoms with E-state index in [-0.39, 0.29) is 34.1 Å². The largest absolute Gasteiger partial charge is 0.352 e. The van der Waals surface area contributed by atoms with Crippen LogP contribution < -0.4 is 10.0 Å². The molecule has 0 aromatic heterocycles. The predicted octanol–water partition coefficient (Wildman–Crippen LogP) is 4.79. The lowest BCUT2D eigenvalue weighted by molar-refractivity contribution is -0.116. The lowest BCUT2D eigenvalue weighted by atomic mass is 10.1. The molecule has 0 saturated carbocycles. The zero-order valence-electron chi connectivity index (χ0n) is 16.7. The van der Waals surface area contributed by atoms with Gasteiger partial charge in [0, 0.05) is 18.2 Å². The molecule has 0 aliphatic rings. The average Bonchev–Trinajstić information content (AvgIpc) is 2.76. The van der Waals surface area contributed by atoms with Crippen LogP contribution in [0.3, 0.4) is 0 Å². The van der Waals surface area contributed by atoms with Gasteiger partial charge in [-0.15, -0.1) is 0 Å². The van der Waals surface area contributed by atoms with Gasteiger partial charge in [0.15, 0.2) is 0 Å². The van der Waals surface area contributed by atoms with E-state index in [9.17, 15) is 22.0 Å². The predicted molar refractivity (Wildman–Crippen MR) is 121 cm³/mol. The first kappa shape index (κ1) is 23.4. The van der Waals surface area contributed by atoms with Crippen LogP contribution in [-0.2, 0) is 21.2 Å². The summed E-state index contributed by atoms with van der Waals surface area (Å²) in [6.07, 6.45) is 2.77. The van der Waals surface area contributed by atoms with E-state index in [1.54, 1.807) is 36.4 Å². The summed E-state index contributed by atoms with van der Waals surface area (Å²) in [7, 11) is -3.83. The highest BCUT2D eigenvalue weighted by Gasteiger charge is 2.15. The van der Waals surface area contributed by atoms with Crippen LogP contribution in [0.1, 0.15) is 11.1 Å². The van der Waals surface area contributed by atoms with Crippen molar-refractivity contribution in [1.29, 1.82) is 0 Å². The van der Waals surface area contributed by atoms with E-state index in [0.29, 0.717) is 5.56 Å². The van der Waals surface area contributed by atoms with E-state index >= 15 is 0 Å². The second-order valence-electron chi connectivity index (χ2n) is 6.73. The second-order valence-corrected chi connectivity index (χ2v) is 8.82. The maximum Gasteiger partial charge on any atom is 0.261 e. The Labute approximate surface area is 189 Å². The monoisotopic (exact) mass is 476 g/mol. The molecule has 1 amide bonds. The molecule has 0 atom stereocenters. The number of benzene rings is 3. The first-order valence-corrected chi connectivity index (χ1v) is 11.4. The Kier molecular flexibility index (Phi) is 7.61. The molecule has 0 aliphatic carbocycles. The van der Waals surface area contributed by atoms with Crippen molar-refractivity contribution < 1.29 is 22.0 Å². The Bertz CT molecular complexity index is 1230. The molecule has 0 saturated heterocycles. The third-order valence-electron chi connectivity index (χ3n) is 4.47. The Morgan fingerprint density at radius 2 is 1.59 bits per heavy atom. The maximum absolute atomic E-state index is 13.6. The van der Waals surface area contributed by atoms with Crippen LogP contribution in [0.4, 0.5) is 14.5 Å². The number of carbonyl (C=O) groups excluding carboxylic acids is 1. The molecule has 0 aliphatic heterocycles. The third-order valence-corrected chi connectivity index (χ3v) is 6.18. The van der Waals surface area contributed by atoms with Gasteiger partial charge in [-0.05, 0) is 54.5 Å². The van der Waals surface area contributed by atoms with Gasteiger partial charge in [-0.25, -0.2) is 17.2 Å². The minimum atomic E-state index is -3.83. The first-order chi connectivity index (χ1) is 15.3. The van der Waals surface area contributed by atoms with Crippen LogP contribution in [0.2, 0.25) is 5.02 Å².